The number of aromatic nitrogens is 1. The molecule has 0 bridgehead atoms. The predicted molar refractivity (Wildman–Crippen MR) is 77.1 cm³/mol. The average molecular weight is 273 g/mol. The van der Waals surface area contributed by atoms with Gasteiger partial charge in [-0.05, 0) is 31.0 Å². The molecular formula is C16H19NO3. The fourth-order valence-corrected chi connectivity index (χ4v) is 3.13. The Kier molecular flexibility index (Phi) is 3.47. The van der Waals surface area contributed by atoms with Crippen LogP contribution >= 0.6 is 0 Å². The zero-order valence-corrected chi connectivity index (χ0v) is 11.7. The van der Waals surface area contributed by atoms with E-state index < -0.39 is 0 Å². The van der Waals surface area contributed by atoms with Gasteiger partial charge < -0.3 is 4.42 Å². The van der Waals surface area contributed by atoms with E-state index >= 15 is 0 Å². The van der Waals surface area contributed by atoms with Crippen LogP contribution in [0.1, 0.15) is 49.4 Å². The number of rotatable bonds is 4. The minimum atomic E-state index is -0.358. The zero-order chi connectivity index (χ0) is 14.1. The number of hydrogen-bond acceptors (Lipinski definition) is 3. The van der Waals surface area contributed by atoms with Gasteiger partial charge in [0.15, 0.2) is 11.4 Å². The van der Waals surface area contributed by atoms with Gasteiger partial charge in [0.1, 0.15) is 0 Å². The highest BCUT2D eigenvalue weighted by Crippen LogP contribution is 2.29. The number of fused-ring (bicyclic) bond motifs is 1. The van der Waals surface area contributed by atoms with Crippen LogP contribution in [0, 0.1) is 5.92 Å². The van der Waals surface area contributed by atoms with Gasteiger partial charge in [0.2, 0.25) is 0 Å². The highest BCUT2D eigenvalue weighted by atomic mass is 16.4. The normalized spacial score (nSPS) is 16.1. The van der Waals surface area contributed by atoms with Gasteiger partial charge in [0.05, 0.1) is 5.52 Å². The van der Waals surface area contributed by atoms with Crippen molar-refractivity contribution < 1.29 is 9.21 Å². The molecule has 4 nitrogen and oxygen atoms in total. The molecule has 0 atom stereocenters. The van der Waals surface area contributed by atoms with Crippen molar-refractivity contribution in [1.29, 1.82) is 0 Å². The van der Waals surface area contributed by atoms with Gasteiger partial charge >= 0.3 is 5.76 Å². The quantitative estimate of drug-likeness (QED) is 0.802. The third-order valence-electron chi connectivity index (χ3n) is 4.26. The molecule has 0 unspecified atom stereocenters. The van der Waals surface area contributed by atoms with Gasteiger partial charge in [-0.2, -0.15) is 0 Å². The number of benzene rings is 1. The SMILES string of the molecule is CCn1c(=O)oc2cc(C(=O)CC3CCCC3)ccc21. The van der Waals surface area contributed by atoms with Crippen LogP contribution in [0.4, 0.5) is 0 Å². The molecule has 1 aliphatic rings. The van der Waals surface area contributed by atoms with Gasteiger partial charge in [-0.3, -0.25) is 9.36 Å². The maximum Gasteiger partial charge on any atom is 0.419 e. The van der Waals surface area contributed by atoms with Crippen LogP contribution < -0.4 is 5.76 Å². The van der Waals surface area contributed by atoms with E-state index in [9.17, 15) is 9.59 Å². The van der Waals surface area contributed by atoms with Crippen molar-refractivity contribution in [2.45, 2.75) is 45.6 Å². The molecule has 1 aromatic heterocycles. The van der Waals surface area contributed by atoms with Gasteiger partial charge in [-0.25, -0.2) is 4.79 Å². The lowest BCUT2D eigenvalue weighted by Crippen LogP contribution is -2.12. The molecule has 0 saturated heterocycles. The fraction of sp³-hybridized carbons (Fsp3) is 0.500. The summed E-state index contributed by atoms with van der Waals surface area (Å²) in [6, 6.07) is 5.33. The Bertz CT molecular complexity index is 689. The Labute approximate surface area is 117 Å². The van der Waals surface area contributed by atoms with Crippen molar-refractivity contribution in [3.8, 4) is 0 Å². The van der Waals surface area contributed by atoms with Crippen molar-refractivity contribution in [3.63, 3.8) is 0 Å². The summed E-state index contributed by atoms with van der Waals surface area (Å²) in [5.74, 6) is 0.332. The lowest BCUT2D eigenvalue weighted by atomic mass is 9.97. The zero-order valence-electron chi connectivity index (χ0n) is 11.7. The van der Waals surface area contributed by atoms with Gasteiger partial charge in [0, 0.05) is 18.5 Å². The van der Waals surface area contributed by atoms with E-state index in [4.69, 9.17) is 4.42 Å². The van der Waals surface area contributed by atoms with E-state index in [-0.39, 0.29) is 11.5 Å². The molecule has 1 saturated carbocycles. The van der Waals surface area contributed by atoms with Crippen LogP contribution in [0.3, 0.4) is 0 Å². The molecule has 4 heteroatoms. The molecule has 106 valence electrons. The van der Waals surface area contributed by atoms with E-state index in [1.807, 2.05) is 13.0 Å². The highest BCUT2D eigenvalue weighted by Gasteiger charge is 2.20. The lowest BCUT2D eigenvalue weighted by molar-refractivity contribution is 0.0962. The molecule has 1 aromatic carbocycles. The Morgan fingerprint density at radius 3 is 2.80 bits per heavy atom. The number of hydrogen-bond donors (Lipinski definition) is 0. The third kappa shape index (κ3) is 2.30. The molecular weight excluding hydrogens is 254 g/mol. The van der Waals surface area contributed by atoms with Crippen molar-refractivity contribution in [2.24, 2.45) is 5.92 Å². The van der Waals surface area contributed by atoms with Gasteiger partial charge in [-0.15, -0.1) is 0 Å². The molecule has 3 rings (SSSR count). The minimum absolute atomic E-state index is 0.158. The standard InChI is InChI=1S/C16H19NO3/c1-2-17-13-8-7-12(10-15(13)20-16(17)19)14(18)9-11-5-3-4-6-11/h7-8,10-11H,2-6,9H2,1H3. The smallest absolute Gasteiger partial charge is 0.408 e. The Morgan fingerprint density at radius 2 is 2.10 bits per heavy atom. The van der Waals surface area contributed by atoms with Crippen molar-refractivity contribution >= 4 is 16.9 Å². The molecule has 0 spiro atoms. The first-order chi connectivity index (χ1) is 9.69. The first-order valence-corrected chi connectivity index (χ1v) is 7.35. The molecule has 20 heavy (non-hydrogen) atoms. The van der Waals surface area contributed by atoms with E-state index in [2.05, 4.69) is 0 Å². The molecule has 1 fully saturated rings. The lowest BCUT2D eigenvalue weighted by Gasteiger charge is -2.07. The largest absolute Gasteiger partial charge is 0.419 e. The summed E-state index contributed by atoms with van der Waals surface area (Å²) in [5.41, 5.74) is 1.92. The van der Waals surface area contributed by atoms with Crippen molar-refractivity contribution in [1.82, 2.24) is 4.57 Å². The number of Topliss-reactive ketones (excluding diaryl/α,β-unsaturated/α-hetero) is 1. The van der Waals surface area contributed by atoms with Crippen LogP contribution in [-0.2, 0) is 6.54 Å². The van der Waals surface area contributed by atoms with Crippen LogP contribution in [0.2, 0.25) is 0 Å². The van der Waals surface area contributed by atoms with E-state index in [1.54, 1.807) is 16.7 Å². The third-order valence-corrected chi connectivity index (χ3v) is 4.26. The topological polar surface area (TPSA) is 52.2 Å². The summed E-state index contributed by atoms with van der Waals surface area (Å²) in [5, 5.41) is 0. The summed E-state index contributed by atoms with van der Waals surface area (Å²) in [6.45, 7) is 2.47. The maximum atomic E-state index is 12.3. The molecule has 2 aromatic rings. The van der Waals surface area contributed by atoms with Crippen LogP contribution in [0.25, 0.3) is 11.1 Å². The number of aryl methyl sites for hydroxylation is 1. The first-order valence-electron chi connectivity index (χ1n) is 7.35. The number of nitrogens with zero attached hydrogens (tertiary/aromatic N) is 1. The average Bonchev–Trinajstić information content (AvgIpc) is 3.04. The fourth-order valence-electron chi connectivity index (χ4n) is 3.13. The number of carbonyl (C=O) groups is 1. The number of oxazole rings is 1. The van der Waals surface area contributed by atoms with E-state index in [0.717, 1.165) is 18.4 Å². The molecule has 0 amide bonds. The number of ketones is 1. The number of carbonyl (C=O) groups excluding carboxylic acids is 1. The van der Waals surface area contributed by atoms with E-state index in [1.165, 1.54) is 12.8 Å². The second-order valence-electron chi connectivity index (χ2n) is 5.57. The monoisotopic (exact) mass is 273 g/mol. The maximum absolute atomic E-state index is 12.3. The molecule has 0 N–H and O–H groups in total. The van der Waals surface area contributed by atoms with Crippen LogP contribution in [-0.4, -0.2) is 10.4 Å². The second-order valence-corrected chi connectivity index (χ2v) is 5.57. The summed E-state index contributed by atoms with van der Waals surface area (Å²) < 4.78 is 6.78. The second kappa shape index (κ2) is 5.27. The van der Waals surface area contributed by atoms with Crippen LogP contribution in [0.15, 0.2) is 27.4 Å². The molecule has 1 heterocycles. The minimum Gasteiger partial charge on any atom is -0.408 e. The Balaban J connectivity index is 1.88. The van der Waals surface area contributed by atoms with Gasteiger partial charge in [0.25, 0.3) is 0 Å². The van der Waals surface area contributed by atoms with Crippen molar-refractivity contribution in [3.05, 3.63) is 34.3 Å². The Hall–Kier alpha value is -1.84. The Morgan fingerprint density at radius 1 is 1.35 bits per heavy atom. The van der Waals surface area contributed by atoms with Crippen molar-refractivity contribution in [2.75, 3.05) is 0 Å². The van der Waals surface area contributed by atoms with Crippen LogP contribution in [0.5, 0.6) is 0 Å². The highest BCUT2D eigenvalue weighted by molar-refractivity contribution is 5.98. The summed E-state index contributed by atoms with van der Waals surface area (Å²) in [7, 11) is 0. The molecule has 0 aliphatic heterocycles. The van der Waals surface area contributed by atoms with E-state index in [0.29, 0.717) is 30.0 Å². The predicted octanol–water partition coefficient (Wildman–Crippen LogP) is 3.38. The molecule has 1 aliphatic carbocycles. The summed E-state index contributed by atoms with van der Waals surface area (Å²) in [4.78, 5) is 23.9. The summed E-state index contributed by atoms with van der Waals surface area (Å²) in [6.07, 6.45) is 5.42. The molecule has 0 radical (unpaired) electrons. The summed E-state index contributed by atoms with van der Waals surface area (Å²) >= 11 is 0. The van der Waals surface area contributed by atoms with Gasteiger partial charge in [-0.1, -0.05) is 25.7 Å². The first kappa shape index (κ1) is 13.2.